The summed E-state index contributed by atoms with van der Waals surface area (Å²) in [5.74, 6) is -1.88. The molecule has 0 aliphatic carbocycles. The molecule has 0 amide bonds. The van der Waals surface area contributed by atoms with Crippen molar-refractivity contribution in [3.8, 4) is 0 Å². The summed E-state index contributed by atoms with van der Waals surface area (Å²) >= 11 is 0. The molecule has 1 unspecified atom stereocenters. The van der Waals surface area contributed by atoms with Gasteiger partial charge >= 0.3 is 12.1 Å². The molecule has 0 bridgehead atoms. The number of carboxylic acid groups (broad SMARTS) is 1. The third kappa shape index (κ3) is 3.33. The molecule has 5 nitrogen and oxygen atoms in total. The normalized spacial score (nSPS) is 13.0. The van der Waals surface area contributed by atoms with Crippen molar-refractivity contribution in [1.29, 1.82) is 0 Å². The Kier molecular flexibility index (Phi) is 3.88. The van der Waals surface area contributed by atoms with Gasteiger partial charge in [0, 0.05) is 5.69 Å². The first kappa shape index (κ1) is 14.9. The van der Waals surface area contributed by atoms with Crippen molar-refractivity contribution in [3.05, 3.63) is 41.8 Å². The zero-order chi connectivity index (χ0) is 15.6. The second kappa shape index (κ2) is 5.47. The van der Waals surface area contributed by atoms with E-state index in [0.29, 0.717) is 17.5 Å². The van der Waals surface area contributed by atoms with Crippen molar-refractivity contribution in [2.75, 3.05) is 5.32 Å². The van der Waals surface area contributed by atoms with E-state index in [4.69, 9.17) is 9.52 Å². The summed E-state index contributed by atoms with van der Waals surface area (Å²) in [6.45, 7) is 1.47. The summed E-state index contributed by atoms with van der Waals surface area (Å²) in [6.07, 6.45) is -4.11. The Morgan fingerprint density at radius 2 is 2.05 bits per heavy atom. The van der Waals surface area contributed by atoms with Crippen LogP contribution in [0.5, 0.6) is 0 Å². The average molecular weight is 300 g/mol. The average Bonchev–Trinajstić information content (AvgIpc) is 2.87. The van der Waals surface area contributed by atoms with Crippen molar-refractivity contribution in [1.82, 2.24) is 4.98 Å². The van der Waals surface area contributed by atoms with E-state index in [-0.39, 0.29) is 6.01 Å². The maximum absolute atomic E-state index is 12.4. The van der Waals surface area contributed by atoms with Gasteiger partial charge in [-0.2, -0.15) is 18.2 Å². The van der Waals surface area contributed by atoms with Crippen LogP contribution in [0.15, 0.2) is 34.9 Å². The highest BCUT2D eigenvalue weighted by Crippen LogP contribution is 2.31. The topological polar surface area (TPSA) is 75.4 Å². The lowest BCUT2D eigenvalue weighted by atomic mass is 9.99. The summed E-state index contributed by atoms with van der Waals surface area (Å²) < 4.78 is 42.0. The molecule has 1 aromatic heterocycles. The van der Waals surface area contributed by atoms with E-state index in [1.54, 1.807) is 18.2 Å². The fourth-order valence-electron chi connectivity index (χ4n) is 1.70. The number of benzene rings is 1. The van der Waals surface area contributed by atoms with Crippen LogP contribution in [-0.2, 0) is 11.0 Å². The number of hydrogen-bond donors (Lipinski definition) is 2. The maximum atomic E-state index is 12.4. The molecule has 21 heavy (non-hydrogen) atoms. The minimum atomic E-state index is -4.60. The molecule has 2 rings (SSSR count). The van der Waals surface area contributed by atoms with Crippen molar-refractivity contribution in [2.24, 2.45) is 0 Å². The predicted molar refractivity (Wildman–Crippen MR) is 67.3 cm³/mol. The van der Waals surface area contributed by atoms with Crippen molar-refractivity contribution < 1.29 is 27.5 Å². The predicted octanol–water partition coefficient (Wildman–Crippen LogP) is 3.63. The number of carboxylic acids is 1. The zero-order valence-electron chi connectivity index (χ0n) is 10.8. The molecule has 2 aromatic rings. The van der Waals surface area contributed by atoms with Crippen molar-refractivity contribution in [3.63, 3.8) is 0 Å². The lowest BCUT2D eigenvalue weighted by Gasteiger charge is -2.12. The Bertz CT molecular complexity index is 652. The fourth-order valence-corrected chi connectivity index (χ4v) is 1.70. The standard InChI is InChI=1S/C13H11F3N2O3/c1-7(11(19)20)8-4-2-3-5-9(8)17-12-18-10(6-21-12)13(14,15)16/h2-7H,1H3,(H,17,18)(H,19,20). The van der Waals surface area contributed by atoms with Crippen LogP contribution < -0.4 is 5.32 Å². The Morgan fingerprint density at radius 1 is 1.38 bits per heavy atom. The molecule has 112 valence electrons. The van der Waals surface area contributed by atoms with Gasteiger partial charge in [0.2, 0.25) is 0 Å². The minimum absolute atomic E-state index is 0.322. The second-order valence-corrected chi connectivity index (χ2v) is 4.31. The van der Waals surface area contributed by atoms with E-state index in [0.717, 1.165) is 0 Å². The van der Waals surface area contributed by atoms with Crippen LogP contribution in [0.4, 0.5) is 24.9 Å². The Balaban J connectivity index is 2.28. The molecule has 0 fully saturated rings. The van der Waals surface area contributed by atoms with E-state index >= 15 is 0 Å². The van der Waals surface area contributed by atoms with Crippen LogP contribution in [0.2, 0.25) is 0 Å². The quantitative estimate of drug-likeness (QED) is 0.902. The molecule has 0 saturated carbocycles. The molecule has 0 spiro atoms. The van der Waals surface area contributed by atoms with Gasteiger partial charge in [0.25, 0.3) is 6.01 Å². The highest BCUT2D eigenvalue weighted by Gasteiger charge is 2.35. The highest BCUT2D eigenvalue weighted by molar-refractivity contribution is 5.79. The number of nitrogens with one attached hydrogen (secondary N) is 1. The molecule has 0 radical (unpaired) electrons. The smallest absolute Gasteiger partial charge is 0.436 e. The lowest BCUT2D eigenvalue weighted by molar-refractivity contribution is -0.141. The number of rotatable bonds is 4. The van der Waals surface area contributed by atoms with E-state index in [1.807, 2.05) is 0 Å². The van der Waals surface area contributed by atoms with Crippen molar-refractivity contribution >= 4 is 17.7 Å². The van der Waals surface area contributed by atoms with E-state index < -0.39 is 23.8 Å². The molecular weight excluding hydrogens is 289 g/mol. The van der Waals surface area contributed by atoms with Gasteiger partial charge in [0.05, 0.1) is 5.92 Å². The summed E-state index contributed by atoms with van der Waals surface area (Å²) in [7, 11) is 0. The number of oxazole rings is 1. The van der Waals surface area contributed by atoms with Crippen LogP contribution in [0.25, 0.3) is 0 Å². The molecule has 1 heterocycles. The molecule has 0 saturated heterocycles. The number of aromatic nitrogens is 1. The summed E-state index contributed by atoms with van der Waals surface area (Å²) in [4.78, 5) is 14.3. The Hall–Kier alpha value is -2.51. The van der Waals surface area contributed by atoms with Crippen LogP contribution in [-0.4, -0.2) is 16.1 Å². The van der Waals surface area contributed by atoms with Gasteiger partial charge in [-0.15, -0.1) is 0 Å². The van der Waals surface area contributed by atoms with Gasteiger partial charge in [-0.25, -0.2) is 0 Å². The molecule has 1 aromatic carbocycles. The summed E-state index contributed by atoms with van der Waals surface area (Å²) in [5, 5.41) is 11.6. The molecule has 8 heteroatoms. The van der Waals surface area contributed by atoms with Gasteiger partial charge in [-0.1, -0.05) is 18.2 Å². The summed E-state index contributed by atoms with van der Waals surface area (Å²) in [6, 6.07) is 6.00. The maximum Gasteiger partial charge on any atom is 0.436 e. The Morgan fingerprint density at radius 3 is 2.62 bits per heavy atom. The number of halogens is 3. The number of aliphatic carboxylic acids is 1. The number of hydrogen-bond acceptors (Lipinski definition) is 4. The van der Waals surface area contributed by atoms with Crippen LogP contribution in [0.1, 0.15) is 24.1 Å². The molecule has 2 N–H and O–H groups in total. The number of para-hydroxylation sites is 1. The monoisotopic (exact) mass is 300 g/mol. The van der Waals surface area contributed by atoms with Gasteiger partial charge in [-0.05, 0) is 18.6 Å². The lowest BCUT2D eigenvalue weighted by Crippen LogP contribution is -2.10. The largest absolute Gasteiger partial charge is 0.481 e. The zero-order valence-corrected chi connectivity index (χ0v) is 10.8. The highest BCUT2D eigenvalue weighted by atomic mass is 19.4. The Labute approximate surface area is 117 Å². The number of anilines is 2. The first-order chi connectivity index (χ1) is 9.79. The van der Waals surface area contributed by atoms with Crippen LogP contribution in [0.3, 0.4) is 0 Å². The van der Waals surface area contributed by atoms with Gasteiger partial charge < -0.3 is 14.8 Å². The van der Waals surface area contributed by atoms with Crippen LogP contribution in [0, 0.1) is 0 Å². The first-order valence-electron chi connectivity index (χ1n) is 5.90. The number of nitrogens with zero attached hydrogens (tertiary/aromatic N) is 1. The molecular formula is C13H11F3N2O3. The number of alkyl halides is 3. The summed E-state index contributed by atoms with van der Waals surface area (Å²) in [5.41, 5.74) is -0.423. The van der Waals surface area contributed by atoms with Crippen molar-refractivity contribution in [2.45, 2.75) is 19.0 Å². The van der Waals surface area contributed by atoms with E-state index in [9.17, 15) is 18.0 Å². The van der Waals surface area contributed by atoms with Crippen LogP contribution >= 0.6 is 0 Å². The van der Waals surface area contributed by atoms with E-state index in [2.05, 4.69) is 10.3 Å². The van der Waals surface area contributed by atoms with Gasteiger partial charge in [-0.3, -0.25) is 4.79 Å². The van der Waals surface area contributed by atoms with E-state index in [1.165, 1.54) is 13.0 Å². The SMILES string of the molecule is CC(C(=O)O)c1ccccc1Nc1nc(C(F)(F)F)co1. The second-order valence-electron chi connectivity index (χ2n) is 4.31. The molecule has 1 atom stereocenters. The third-order valence-electron chi connectivity index (χ3n) is 2.83. The number of carbonyl (C=O) groups is 1. The fraction of sp³-hybridized carbons (Fsp3) is 0.231. The third-order valence-corrected chi connectivity index (χ3v) is 2.83. The van der Waals surface area contributed by atoms with Gasteiger partial charge in [0.1, 0.15) is 6.26 Å². The molecule has 0 aliphatic heterocycles. The van der Waals surface area contributed by atoms with Gasteiger partial charge in [0.15, 0.2) is 5.69 Å². The molecule has 0 aliphatic rings. The first-order valence-corrected chi connectivity index (χ1v) is 5.90. The minimum Gasteiger partial charge on any atom is -0.481 e.